The third-order valence-corrected chi connectivity index (χ3v) is 3.69. The van der Waals surface area contributed by atoms with Gasteiger partial charge in [-0.2, -0.15) is 0 Å². The van der Waals surface area contributed by atoms with Crippen molar-refractivity contribution < 1.29 is 9.47 Å². The number of aromatic nitrogens is 1. The van der Waals surface area contributed by atoms with Gasteiger partial charge in [-0.3, -0.25) is 4.98 Å². The molecule has 1 fully saturated rings. The Kier molecular flexibility index (Phi) is 6.00. The van der Waals surface area contributed by atoms with Crippen molar-refractivity contribution in [3.05, 3.63) is 24.0 Å². The molecule has 1 aliphatic heterocycles. The van der Waals surface area contributed by atoms with E-state index in [0.29, 0.717) is 5.92 Å². The third kappa shape index (κ3) is 5.29. The fourth-order valence-corrected chi connectivity index (χ4v) is 2.78. The van der Waals surface area contributed by atoms with E-state index in [1.807, 2.05) is 18.5 Å². The minimum atomic E-state index is 0.219. The molecule has 1 saturated heterocycles. The lowest BCUT2D eigenvalue weighted by Gasteiger charge is -2.32. The normalized spacial score (nSPS) is 26.0. The lowest BCUT2D eigenvalue weighted by molar-refractivity contribution is -0.0723. The molecule has 0 aliphatic carbocycles. The maximum atomic E-state index is 6.20. The molecule has 0 spiro atoms. The summed E-state index contributed by atoms with van der Waals surface area (Å²) in [6.45, 7) is 10.5. The molecule has 4 heteroatoms. The first kappa shape index (κ1) is 16.2. The lowest BCUT2D eigenvalue weighted by atomic mass is 10.0. The lowest BCUT2D eigenvalue weighted by Crippen LogP contribution is -2.36. The third-order valence-electron chi connectivity index (χ3n) is 3.69. The number of rotatable bonds is 6. The van der Waals surface area contributed by atoms with Gasteiger partial charge in [0.2, 0.25) is 0 Å². The average molecular weight is 292 g/mol. The first-order chi connectivity index (χ1) is 10.0. The Balaban J connectivity index is 1.95. The summed E-state index contributed by atoms with van der Waals surface area (Å²) in [5, 5.41) is 3.46. The van der Waals surface area contributed by atoms with Crippen LogP contribution in [0.4, 0.5) is 0 Å². The van der Waals surface area contributed by atoms with Gasteiger partial charge in [-0.1, -0.05) is 13.8 Å². The van der Waals surface area contributed by atoms with Crippen molar-refractivity contribution in [1.82, 2.24) is 10.3 Å². The molecule has 1 aliphatic rings. The molecule has 0 saturated carbocycles. The number of hydrogen-bond donors (Lipinski definition) is 1. The Morgan fingerprint density at radius 3 is 2.71 bits per heavy atom. The Labute approximate surface area is 128 Å². The second-order valence-corrected chi connectivity index (χ2v) is 6.48. The second-order valence-electron chi connectivity index (χ2n) is 6.48. The number of ether oxygens (including phenoxy) is 2. The van der Waals surface area contributed by atoms with Crippen LogP contribution in [0.5, 0.6) is 5.75 Å². The first-order valence-electron chi connectivity index (χ1n) is 8.00. The van der Waals surface area contributed by atoms with Crippen LogP contribution >= 0.6 is 0 Å². The Bertz CT molecular complexity index is 427. The zero-order valence-electron chi connectivity index (χ0n) is 13.6. The maximum absolute atomic E-state index is 6.20. The van der Waals surface area contributed by atoms with Gasteiger partial charge in [-0.05, 0) is 32.4 Å². The smallest absolute Gasteiger partial charge is 0.142 e. The quantitative estimate of drug-likeness (QED) is 0.874. The number of hydrogen-bond acceptors (Lipinski definition) is 4. The van der Waals surface area contributed by atoms with E-state index < -0.39 is 0 Å². The summed E-state index contributed by atoms with van der Waals surface area (Å²) in [7, 11) is 0. The van der Waals surface area contributed by atoms with Crippen LogP contribution < -0.4 is 10.1 Å². The highest BCUT2D eigenvalue weighted by molar-refractivity contribution is 5.30. The van der Waals surface area contributed by atoms with Crippen molar-refractivity contribution in [1.29, 1.82) is 0 Å². The molecule has 2 rings (SSSR count). The molecule has 0 radical (unpaired) electrons. The van der Waals surface area contributed by atoms with Crippen molar-refractivity contribution >= 4 is 0 Å². The van der Waals surface area contributed by atoms with E-state index in [-0.39, 0.29) is 18.3 Å². The van der Waals surface area contributed by atoms with Crippen molar-refractivity contribution in [2.45, 2.75) is 65.4 Å². The standard InChI is InChI=1S/C17H28N2O2/c1-12(2)9-19-10-15-5-6-18-11-17(15)21-16-7-13(3)20-14(4)8-16/h5-6,11-14,16,19H,7-10H2,1-4H3. The van der Waals surface area contributed by atoms with Crippen LogP contribution in [0.25, 0.3) is 0 Å². The second kappa shape index (κ2) is 7.76. The van der Waals surface area contributed by atoms with Crippen molar-refractivity contribution in [2.75, 3.05) is 6.54 Å². The van der Waals surface area contributed by atoms with E-state index >= 15 is 0 Å². The predicted molar refractivity (Wildman–Crippen MR) is 84.4 cm³/mol. The summed E-state index contributed by atoms with van der Waals surface area (Å²) in [5.41, 5.74) is 1.18. The largest absolute Gasteiger partial charge is 0.488 e. The Hall–Kier alpha value is -1.13. The Morgan fingerprint density at radius 2 is 2.05 bits per heavy atom. The van der Waals surface area contributed by atoms with Gasteiger partial charge >= 0.3 is 0 Å². The molecular weight excluding hydrogens is 264 g/mol. The number of nitrogens with one attached hydrogen (secondary N) is 1. The Morgan fingerprint density at radius 1 is 1.33 bits per heavy atom. The fourth-order valence-electron chi connectivity index (χ4n) is 2.78. The van der Waals surface area contributed by atoms with Crippen molar-refractivity contribution in [3.8, 4) is 5.75 Å². The molecular formula is C17H28N2O2. The van der Waals surface area contributed by atoms with Crippen molar-refractivity contribution in [2.24, 2.45) is 5.92 Å². The highest BCUT2D eigenvalue weighted by Crippen LogP contribution is 2.26. The fraction of sp³-hybridized carbons (Fsp3) is 0.706. The first-order valence-corrected chi connectivity index (χ1v) is 8.00. The summed E-state index contributed by atoms with van der Waals surface area (Å²) in [5.74, 6) is 1.55. The SMILES string of the molecule is CC(C)CNCc1ccncc1OC1CC(C)OC(C)C1. The van der Waals surface area contributed by atoms with Crippen LogP contribution in [-0.4, -0.2) is 29.8 Å². The highest BCUT2D eigenvalue weighted by atomic mass is 16.5. The van der Waals surface area contributed by atoms with Gasteiger partial charge in [0.1, 0.15) is 11.9 Å². The van der Waals surface area contributed by atoms with Crippen LogP contribution in [0.3, 0.4) is 0 Å². The summed E-state index contributed by atoms with van der Waals surface area (Å²) in [6.07, 6.45) is 6.29. The van der Waals surface area contributed by atoms with Gasteiger partial charge in [0.05, 0.1) is 18.4 Å². The summed E-state index contributed by atoms with van der Waals surface area (Å²) in [6, 6.07) is 2.04. The summed E-state index contributed by atoms with van der Waals surface area (Å²) in [4.78, 5) is 4.21. The zero-order chi connectivity index (χ0) is 15.2. The van der Waals surface area contributed by atoms with E-state index in [9.17, 15) is 0 Å². The number of pyridine rings is 1. The van der Waals surface area contributed by atoms with E-state index in [2.05, 4.69) is 38.0 Å². The summed E-state index contributed by atoms with van der Waals surface area (Å²) < 4.78 is 12.0. The molecule has 2 unspecified atom stereocenters. The molecule has 0 amide bonds. The van der Waals surface area contributed by atoms with E-state index in [4.69, 9.17) is 9.47 Å². The number of nitrogens with zero attached hydrogens (tertiary/aromatic N) is 1. The molecule has 1 aromatic heterocycles. The monoisotopic (exact) mass is 292 g/mol. The van der Waals surface area contributed by atoms with Gasteiger partial charge in [0, 0.05) is 31.1 Å². The summed E-state index contributed by atoms with van der Waals surface area (Å²) >= 11 is 0. The average Bonchev–Trinajstić information content (AvgIpc) is 2.39. The van der Waals surface area contributed by atoms with Gasteiger partial charge in [-0.15, -0.1) is 0 Å². The molecule has 2 atom stereocenters. The zero-order valence-corrected chi connectivity index (χ0v) is 13.6. The minimum absolute atomic E-state index is 0.219. The van der Waals surface area contributed by atoms with Crippen LogP contribution in [0.15, 0.2) is 18.5 Å². The molecule has 0 aromatic carbocycles. The van der Waals surface area contributed by atoms with Gasteiger partial charge < -0.3 is 14.8 Å². The molecule has 1 aromatic rings. The highest BCUT2D eigenvalue weighted by Gasteiger charge is 2.26. The molecule has 2 heterocycles. The van der Waals surface area contributed by atoms with Crippen LogP contribution in [0.2, 0.25) is 0 Å². The van der Waals surface area contributed by atoms with E-state index in [0.717, 1.165) is 31.7 Å². The van der Waals surface area contributed by atoms with E-state index in [1.54, 1.807) is 0 Å². The van der Waals surface area contributed by atoms with Crippen LogP contribution in [0, 0.1) is 5.92 Å². The molecule has 0 bridgehead atoms. The van der Waals surface area contributed by atoms with Crippen LogP contribution in [0.1, 0.15) is 46.1 Å². The molecule has 1 N–H and O–H groups in total. The van der Waals surface area contributed by atoms with Crippen LogP contribution in [-0.2, 0) is 11.3 Å². The minimum Gasteiger partial charge on any atom is -0.488 e. The maximum Gasteiger partial charge on any atom is 0.142 e. The molecule has 118 valence electrons. The van der Waals surface area contributed by atoms with Gasteiger partial charge in [0.15, 0.2) is 0 Å². The van der Waals surface area contributed by atoms with E-state index in [1.165, 1.54) is 5.56 Å². The predicted octanol–water partition coefficient (Wildman–Crippen LogP) is 3.16. The molecule has 21 heavy (non-hydrogen) atoms. The van der Waals surface area contributed by atoms with Gasteiger partial charge in [0.25, 0.3) is 0 Å². The molecule has 4 nitrogen and oxygen atoms in total. The van der Waals surface area contributed by atoms with Gasteiger partial charge in [-0.25, -0.2) is 0 Å². The van der Waals surface area contributed by atoms with Crippen molar-refractivity contribution in [3.63, 3.8) is 0 Å². The topological polar surface area (TPSA) is 43.4 Å².